The number of aromatic nitrogens is 4. The van der Waals surface area contributed by atoms with Crippen LogP contribution in [0.15, 0.2) is 60.9 Å². The van der Waals surface area contributed by atoms with Gasteiger partial charge < -0.3 is 9.30 Å². The van der Waals surface area contributed by atoms with E-state index in [2.05, 4.69) is 15.2 Å². The maximum Gasteiger partial charge on any atom is 0.271 e. The summed E-state index contributed by atoms with van der Waals surface area (Å²) in [5.74, 6) is -0.118. The largest absolute Gasteiger partial charge is 0.334 e. The number of benzene rings is 1. The normalized spacial score (nSPS) is 11.0. The number of H-pyrrole nitrogens is 1. The lowest BCUT2D eigenvalue weighted by Crippen LogP contribution is -2.26. The fourth-order valence-electron chi connectivity index (χ4n) is 2.89. The van der Waals surface area contributed by atoms with Crippen molar-refractivity contribution in [3.05, 3.63) is 77.9 Å². The summed E-state index contributed by atoms with van der Waals surface area (Å²) in [5, 5.41) is 7.11. The molecule has 1 N–H and O–H groups in total. The van der Waals surface area contributed by atoms with E-state index in [0.717, 1.165) is 22.6 Å². The molecule has 3 aromatic heterocycles. The lowest BCUT2D eigenvalue weighted by atomic mass is 10.1. The maximum absolute atomic E-state index is 12.7. The van der Waals surface area contributed by atoms with Crippen LogP contribution in [0.1, 0.15) is 21.7 Å². The van der Waals surface area contributed by atoms with Crippen LogP contribution < -0.4 is 0 Å². The smallest absolute Gasteiger partial charge is 0.271 e. The van der Waals surface area contributed by atoms with Crippen LogP contribution in [0.25, 0.3) is 16.9 Å². The van der Waals surface area contributed by atoms with Crippen LogP contribution in [0, 0.1) is 6.92 Å². The molecule has 0 aliphatic heterocycles. The third kappa shape index (κ3) is 3.09. The fourth-order valence-corrected chi connectivity index (χ4v) is 2.89. The number of hydrogen-bond acceptors (Lipinski definition) is 3. The van der Waals surface area contributed by atoms with Crippen molar-refractivity contribution in [2.24, 2.45) is 0 Å². The maximum atomic E-state index is 12.7. The van der Waals surface area contributed by atoms with E-state index in [9.17, 15) is 4.79 Å². The van der Waals surface area contributed by atoms with Gasteiger partial charge in [0, 0.05) is 25.0 Å². The molecule has 0 unspecified atom stereocenters. The van der Waals surface area contributed by atoms with Crippen LogP contribution in [0.2, 0.25) is 0 Å². The van der Waals surface area contributed by atoms with Gasteiger partial charge in [-0.1, -0.05) is 35.9 Å². The molecular weight excluding hydrogens is 326 g/mol. The van der Waals surface area contributed by atoms with Crippen LogP contribution in [0.4, 0.5) is 0 Å². The number of hydrogen-bond donors (Lipinski definition) is 1. The lowest BCUT2D eigenvalue weighted by Gasteiger charge is -2.14. The third-order valence-corrected chi connectivity index (χ3v) is 4.32. The Hall–Kier alpha value is -3.41. The van der Waals surface area contributed by atoms with Gasteiger partial charge in [-0.25, -0.2) is 4.98 Å². The van der Waals surface area contributed by atoms with Crippen molar-refractivity contribution < 1.29 is 4.79 Å². The summed E-state index contributed by atoms with van der Waals surface area (Å²) in [7, 11) is 1.76. The summed E-state index contributed by atoms with van der Waals surface area (Å²) in [4.78, 5) is 18.8. The number of carbonyl (C=O) groups excluding carboxylic acids is 1. The molecule has 3 heterocycles. The highest BCUT2D eigenvalue weighted by atomic mass is 16.2. The van der Waals surface area contributed by atoms with E-state index in [1.807, 2.05) is 66.2 Å². The monoisotopic (exact) mass is 345 g/mol. The van der Waals surface area contributed by atoms with E-state index < -0.39 is 0 Å². The molecule has 0 radical (unpaired) electrons. The molecule has 6 heteroatoms. The molecule has 0 aliphatic carbocycles. The van der Waals surface area contributed by atoms with E-state index in [4.69, 9.17) is 0 Å². The molecule has 4 rings (SSSR count). The second-order valence-electron chi connectivity index (χ2n) is 6.39. The molecule has 4 aromatic rings. The Bertz CT molecular complexity index is 1030. The van der Waals surface area contributed by atoms with Gasteiger partial charge in [0.1, 0.15) is 11.3 Å². The molecule has 26 heavy (non-hydrogen) atoms. The Morgan fingerprint density at radius 1 is 1.19 bits per heavy atom. The predicted molar refractivity (Wildman–Crippen MR) is 99.8 cm³/mol. The molecule has 0 saturated carbocycles. The highest BCUT2D eigenvalue weighted by molar-refractivity contribution is 5.93. The molecule has 0 bridgehead atoms. The van der Waals surface area contributed by atoms with Gasteiger partial charge in [0.05, 0.1) is 17.9 Å². The first-order chi connectivity index (χ1) is 12.6. The van der Waals surface area contributed by atoms with Gasteiger partial charge in [0.15, 0.2) is 0 Å². The average Bonchev–Trinajstić information content (AvgIpc) is 3.28. The van der Waals surface area contributed by atoms with Gasteiger partial charge in [-0.2, -0.15) is 5.10 Å². The summed E-state index contributed by atoms with van der Waals surface area (Å²) in [6, 6.07) is 15.7. The fraction of sp³-hybridized carbons (Fsp3) is 0.150. The number of amides is 1. The molecule has 130 valence electrons. The number of nitrogens with one attached hydrogen (secondary N) is 1. The average molecular weight is 345 g/mol. The molecule has 1 amide bonds. The highest BCUT2D eigenvalue weighted by Crippen LogP contribution is 2.19. The summed E-state index contributed by atoms with van der Waals surface area (Å²) in [6.07, 6.45) is 3.88. The van der Waals surface area contributed by atoms with Gasteiger partial charge >= 0.3 is 0 Å². The van der Waals surface area contributed by atoms with Crippen molar-refractivity contribution in [3.8, 4) is 11.3 Å². The first-order valence-electron chi connectivity index (χ1n) is 8.41. The summed E-state index contributed by atoms with van der Waals surface area (Å²) >= 11 is 0. The first-order valence-corrected chi connectivity index (χ1v) is 8.41. The number of imidazole rings is 1. The minimum absolute atomic E-state index is 0.118. The molecule has 0 saturated heterocycles. The number of fused-ring (bicyclic) bond motifs is 1. The van der Waals surface area contributed by atoms with Crippen LogP contribution in [0.5, 0.6) is 0 Å². The molecule has 1 aromatic carbocycles. The van der Waals surface area contributed by atoms with E-state index in [0.29, 0.717) is 12.2 Å². The Balaban J connectivity index is 1.50. The van der Waals surface area contributed by atoms with Crippen LogP contribution in [-0.2, 0) is 6.54 Å². The van der Waals surface area contributed by atoms with Gasteiger partial charge in [-0.3, -0.25) is 9.89 Å². The van der Waals surface area contributed by atoms with E-state index in [1.165, 1.54) is 5.56 Å². The number of carbonyl (C=O) groups is 1. The van der Waals surface area contributed by atoms with Crippen LogP contribution >= 0.6 is 0 Å². The van der Waals surface area contributed by atoms with Crippen LogP contribution in [-0.4, -0.2) is 37.4 Å². The Morgan fingerprint density at radius 3 is 2.77 bits per heavy atom. The predicted octanol–water partition coefficient (Wildman–Crippen LogP) is 3.31. The van der Waals surface area contributed by atoms with Crippen molar-refractivity contribution in [2.45, 2.75) is 13.5 Å². The van der Waals surface area contributed by atoms with Gasteiger partial charge in [-0.05, 0) is 25.1 Å². The number of aryl methyl sites for hydroxylation is 1. The second-order valence-corrected chi connectivity index (χ2v) is 6.39. The van der Waals surface area contributed by atoms with Gasteiger partial charge in [0.2, 0.25) is 0 Å². The SMILES string of the molecule is Cc1ccc(-c2cc(C(=O)N(C)Cc3cn4ccccc4n3)[nH]n2)cc1. The minimum atomic E-state index is -0.118. The third-order valence-electron chi connectivity index (χ3n) is 4.32. The van der Waals surface area contributed by atoms with E-state index in [1.54, 1.807) is 18.0 Å². The number of nitrogens with zero attached hydrogens (tertiary/aromatic N) is 4. The lowest BCUT2D eigenvalue weighted by molar-refractivity contribution is 0.0778. The van der Waals surface area contributed by atoms with Crippen LogP contribution in [0.3, 0.4) is 0 Å². The Morgan fingerprint density at radius 2 is 2.00 bits per heavy atom. The minimum Gasteiger partial charge on any atom is -0.334 e. The zero-order chi connectivity index (χ0) is 18.1. The number of aromatic amines is 1. The van der Waals surface area contributed by atoms with Crippen molar-refractivity contribution in [1.29, 1.82) is 0 Å². The number of pyridine rings is 1. The molecule has 0 fully saturated rings. The van der Waals surface area contributed by atoms with Crippen molar-refractivity contribution >= 4 is 11.6 Å². The van der Waals surface area contributed by atoms with Gasteiger partial charge in [-0.15, -0.1) is 0 Å². The zero-order valence-electron chi connectivity index (χ0n) is 14.7. The molecule has 0 spiro atoms. The first kappa shape index (κ1) is 16.1. The second kappa shape index (κ2) is 6.48. The molecule has 0 aliphatic rings. The topological polar surface area (TPSA) is 66.3 Å². The molecular formula is C20H19N5O. The summed E-state index contributed by atoms with van der Waals surface area (Å²) in [6.45, 7) is 2.47. The van der Waals surface area contributed by atoms with Crippen molar-refractivity contribution in [2.75, 3.05) is 7.05 Å². The Labute approximate surface area is 151 Å². The van der Waals surface area contributed by atoms with Crippen molar-refractivity contribution in [3.63, 3.8) is 0 Å². The van der Waals surface area contributed by atoms with Gasteiger partial charge in [0.25, 0.3) is 5.91 Å². The summed E-state index contributed by atoms with van der Waals surface area (Å²) in [5.41, 5.74) is 5.10. The summed E-state index contributed by atoms with van der Waals surface area (Å²) < 4.78 is 1.94. The quantitative estimate of drug-likeness (QED) is 0.617. The molecule has 6 nitrogen and oxygen atoms in total. The Kier molecular flexibility index (Phi) is 4.01. The highest BCUT2D eigenvalue weighted by Gasteiger charge is 2.16. The van der Waals surface area contributed by atoms with E-state index in [-0.39, 0.29) is 5.91 Å². The standard InChI is InChI=1S/C20H19N5O/c1-14-6-8-15(9-7-14)17-11-18(23-22-17)20(26)24(2)12-16-13-25-10-4-3-5-19(25)21-16/h3-11,13H,12H2,1-2H3,(H,22,23). The zero-order valence-corrected chi connectivity index (χ0v) is 14.7. The number of rotatable bonds is 4. The van der Waals surface area contributed by atoms with E-state index >= 15 is 0 Å². The van der Waals surface area contributed by atoms with Crippen molar-refractivity contribution in [1.82, 2.24) is 24.5 Å². The molecule has 0 atom stereocenters.